The lowest BCUT2D eigenvalue weighted by Crippen LogP contribution is -2.13. The summed E-state index contributed by atoms with van der Waals surface area (Å²) in [6, 6.07) is 9.27. The van der Waals surface area contributed by atoms with E-state index in [2.05, 4.69) is 4.72 Å². The van der Waals surface area contributed by atoms with Crippen LogP contribution in [0.15, 0.2) is 47.4 Å². The number of nitrogens with zero attached hydrogens (tertiary/aromatic N) is 1. The fourth-order valence-electron chi connectivity index (χ4n) is 1.52. The van der Waals surface area contributed by atoms with Crippen molar-refractivity contribution in [3.05, 3.63) is 59.7 Å². The molecule has 102 valence electrons. The summed E-state index contributed by atoms with van der Waals surface area (Å²) in [5.41, 5.74) is -0.347. The highest BCUT2D eigenvalue weighted by molar-refractivity contribution is 7.92. The molecule has 0 spiro atoms. The lowest BCUT2D eigenvalue weighted by molar-refractivity contribution is 0.599. The second kappa shape index (κ2) is 5.27. The molecule has 7 heteroatoms. The summed E-state index contributed by atoms with van der Waals surface area (Å²) in [4.78, 5) is -0.278. The topological polar surface area (TPSA) is 70.0 Å². The standard InChI is InChI=1S/C13H8F2N2O2S/c14-10-2-1-3-11(7-10)17-20(18,19)12-4-5-13(15)9(6-12)8-16/h1-7,17H. The Kier molecular flexibility index (Phi) is 3.68. The van der Waals surface area contributed by atoms with E-state index in [1.807, 2.05) is 0 Å². The fraction of sp³-hybridized carbons (Fsp3) is 0. The van der Waals surface area contributed by atoms with E-state index < -0.39 is 21.7 Å². The molecule has 0 unspecified atom stereocenters. The minimum absolute atomic E-state index is 0.0350. The monoisotopic (exact) mass is 294 g/mol. The molecule has 0 fully saturated rings. The zero-order chi connectivity index (χ0) is 14.8. The number of hydrogen-bond donors (Lipinski definition) is 1. The number of halogens is 2. The maximum Gasteiger partial charge on any atom is 0.261 e. The van der Waals surface area contributed by atoms with Crippen molar-refractivity contribution in [2.24, 2.45) is 0 Å². The van der Waals surface area contributed by atoms with Crippen molar-refractivity contribution >= 4 is 15.7 Å². The van der Waals surface area contributed by atoms with Gasteiger partial charge in [-0.25, -0.2) is 17.2 Å². The zero-order valence-corrected chi connectivity index (χ0v) is 10.8. The van der Waals surface area contributed by atoms with E-state index in [4.69, 9.17) is 5.26 Å². The quantitative estimate of drug-likeness (QED) is 0.946. The molecule has 0 aromatic heterocycles. The number of hydrogen-bond acceptors (Lipinski definition) is 3. The fourth-order valence-corrected chi connectivity index (χ4v) is 2.60. The summed E-state index contributed by atoms with van der Waals surface area (Å²) in [6.45, 7) is 0. The molecule has 0 aliphatic heterocycles. The first-order valence-corrected chi connectivity index (χ1v) is 6.89. The van der Waals surface area contributed by atoms with Gasteiger partial charge in [0.05, 0.1) is 16.1 Å². The van der Waals surface area contributed by atoms with Crippen LogP contribution in [0.4, 0.5) is 14.5 Å². The Hall–Kier alpha value is -2.46. The number of nitrogens with one attached hydrogen (secondary N) is 1. The predicted molar refractivity (Wildman–Crippen MR) is 68.3 cm³/mol. The molecule has 0 saturated carbocycles. The van der Waals surface area contributed by atoms with E-state index in [9.17, 15) is 17.2 Å². The minimum Gasteiger partial charge on any atom is -0.280 e. The average molecular weight is 294 g/mol. The van der Waals surface area contributed by atoms with Crippen molar-refractivity contribution in [1.29, 1.82) is 5.26 Å². The molecule has 0 atom stereocenters. The first-order valence-electron chi connectivity index (χ1n) is 5.40. The van der Waals surface area contributed by atoms with E-state index >= 15 is 0 Å². The summed E-state index contributed by atoms with van der Waals surface area (Å²) in [5.74, 6) is -1.40. The van der Waals surface area contributed by atoms with E-state index in [1.165, 1.54) is 18.2 Å². The van der Waals surface area contributed by atoms with E-state index in [-0.39, 0.29) is 16.1 Å². The molecule has 0 aliphatic carbocycles. The Morgan fingerprint density at radius 2 is 1.85 bits per heavy atom. The highest BCUT2D eigenvalue weighted by Crippen LogP contribution is 2.19. The molecule has 1 N–H and O–H groups in total. The molecular formula is C13H8F2N2O2S. The van der Waals surface area contributed by atoms with Gasteiger partial charge in [0.15, 0.2) is 0 Å². The van der Waals surface area contributed by atoms with Crippen LogP contribution in [0.2, 0.25) is 0 Å². The Morgan fingerprint density at radius 3 is 2.50 bits per heavy atom. The Balaban J connectivity index is 2.39. The second-order valence-corrected chi connectivity index (χ2v) is 5.55. The summed E-state index contributed by atoms with van der Waals surface area (Å²) >= 11 is 0. The normalized spacial score (nSPS) is 10.8. The van der Waals surface area contributed by atoms with Crippen LogP contribution in [0.3, 0.4) is 0 Å². The van der Waals surface area contributed by atoms with Gasteiger partial charge in [0.1, 0.15) is 17.7 Å². The SMILES string of the molecule is N#Cc1cc(S(=O)(=O)Nc2cccc(F)c2)ccc1F. The molecule has 0 radical (unpaired) electrons. The number of rotatable bonds is 3. The van der Waals surface area contributed by atoms with Crippen LogP contribution >= 0.6 is 0 Å². The molecule has 2 aromatic carbocycles. The summed E-state index contributed by atoms with van der Waals surface area (Å²) < 4.78 is 52.3. The summed E-state index contributed by atoms with van der Waals surface area (Å²) in [7, 11) is -4.01. The molecule has 0 saturated heterocycles. The predicted octanol–water partition coefficient (Wildman–Crippen LogP) is 2.64. The largest absolute Gasteiger partial charge is 0.280 e. The highest BCUT2D eigenvalue weighted by Gasteiger charge is 2.16. The molecule has 0 aliphatic rings. The van der Waals surface area contributed by atoms with Crippen LogP contribution in [0.1, 0.15) is 5.56 Å². The van der Waals surface area contributed by atoms with Gasteiger partial charge in [-0.1, -0.05) is 6.07 Å². The van der Waals surface area contributed by atoms with Gasteiger partial charge in [0, 0.05) is 0 Å². The van der Waals surface area contributed by atoms with E-state index in [0.717, 1.165) is 24.3 Å². The van der Waals surface area contributed by atoms with Crippen LogP contribution in [-0.4, -0.2) is 8.42 Å². The van der Waals surface area contributed by atoms with Crippen LogP contribution < -0.4 is 4.72 Å². The molecule has 0 amide bonds. The third-order valence-electron chi connectivity index (χ3n) is 2.45. The van der Waals surface area contributed by atoms with Crippen molar-refractivity contribution in [2.75, 3.05) is 4.72 Å². The molecule has 20 heavy (non-hydrogen) atoms. The van der Waals surface area contributed by atoms with Gasteiger partial charge >= 0.3 is 0 Å². The Labute approximate surface area is 114 Å². The molecule has 2 rings (SSSR count). The first-order chi connectivity index (χ1) is 9.42. The van der Waals surface area contributed by atoms with Crippen LogP contribution in [0, 0.1) is 23.0 Å². The van der Waals surface area contributed by atoms with Crippen LogP contribution in [0.25, 0.3) is 0 Å². The first kappa shape index (κ1) is 14.0. The Bertz CT molecular complexity index is 798. The molecule has 4 nitrogen and oxygen atoms in total. The van der Waals surface area contributed by atoms with Gasteiger partial charge in [-0.15, -0.1) is 0 Å². The van der Waals surface area contributed by atoms with E-state index in [0.29, 0.717) is 0 Å². The van der Waals surface area contributed by atoms with Crippen LogP contribution in [0.5, 0.6) is 0 Å². The van der Waals surface area contributed by atoms with Gasteiger partial charge in [-0.2, -0.15) is 5.26 Å². The van der Waals surface area contributed by atoms with Crippen molar-refractivity contribution in [2.45, 2.75) is 4.90 Å². The maximum absolute atomic E-state index is 13.2. The lowest BCUT2D eigenvalue weighted by Gasteiger charge is -2.08. The lowest BCUT2D eigenvalue weighted by atomic mass is 10.2. The van der Waals surface area contributed by atoms with Gasteiger partial charge in [-0.3, -0.25) is 4.72 Å². The van der Waals surface area contributed by atoms with Crippen molar-refractivity contribution in [3.8, 4) is 6.07 Å². The Morgan fingerprint density at radius 1 is 1.10 bits per heavy atom. The van der Waals surface area contributed by atoms with Gasteiger partial charge in [0.25, 0.3) is 10.0 Å². The highest BCUT2D eigenvalue weighted by atomic mass is 32.2. The minimum atomic E-state index is -4.01. The van der Waals surface area contributed by atoms with Crippen molar-refractivity contribution < 1.29 is 17.2 Å². The molecule has 2 aromatic rings. The maximum atomic E-state index is 13.2. The second-order valence-electron chi connectivity index (χ2n) is 3.87. The molecular weight excluding hydrogens is 286 g/mol. The van der Waals surface area contributed by atoms with Crippen LogP contribution in [-0.2, 0) is 10.0 Å². The van der Waals surface area contributed by atoms with Crippen molar-refractivity contribution in [1.82, 2.24) is 0 Å². The number of nitriles is 1. The van der Waals surface area contributed by atoms with Gasteiger partial charge in [0.2, 0.25) is 0 Å². The average Bonchev–Trinajstić information content (AvgIpc) is 2.38. The molecule has 0 heterocycles. The van der Waals surface area contributed by atoms with Gasteiger partial charge in [-0.05, 0) is 36.4 Å². The number of sulfonamides is 1. The smallest absolute Gasteiger partial charge is 0.261 e. The third-order valence-corrected chi connectivity index (χ3v) is 3.82. The summed E-state index contributed by atoms with van der Waals surface area (Å²) in [6.07, 6.45) is 0. The van der Waals surface area contributed by atoms with Crippen molar-refractivity contribution in [3.63, 3.8) is 0 Å². The van der Waals surface area contributed by atoms with E-state index in [1.54, 1.807) is 6.07 Å². The number of anilines is 1. The number of benzene rings is 2. The summed E-state index contributed by atoms with van der Waals surface area (Å²) in [5, 5.41) is 8.68. The van der Waals surface area contributed by atoms with Gasteiger partial charge < -0.3 is 0 Å². The molecule has 0 bridgehead atoms. The zero-order valence-electron chi connectivity index (χ0n) is 9.97. The third kappa shape index (κ3) is 2.92.